The third kappa shape index (κ3) is 3.17. The van der Waals surface area contributed by atoms with Crippen molar-refractivity contribution in [3.05, 3.63) is 63.1 Å². The van der Waals surface area contributed by atoms with Gasteiger partial charge in [-0.15, -0.1) is 0 Å². The maximum Gasteiger partial charge on any atom is 0.261 e. The summed E-state index contributed by atoms with van der Waals surface area (Å²) in [5, 5.41) is 0. The van der Waals surface area contributed by atoms with Crippen LogP contribution < -0.4 is 0 Å². The number of hydrogen-bond acceptors (Lipinski definition) is 5. The number of thioether (sulfide) groups is 1. The summed E-state index contributed by atoms with van der Waals surface area (Å²) in [5.74, 6) is 1.58. The molecular weight excluding hydrogens is 428 g/mol. The van der Waals surface area contributed by atoms with Crippen molar-refractivity contribution in [2.75, 3.05) is 12.3 Å². The molecule has 0 saturated heterocycles. The summed E-state index contributed by atoms with van der Waals surface area (Å²) in [6.45, 7) is 4.36. The van der Waals surface area contributed by atoms with Gasteiger partial charge in [0.1, 0.15) is 4.60 Å². The SMILES string of the molecule is Cc1cc(C)n2c(Br)c(CSCCN3C(=O)c4ccccc4C3=O)nc2n1. The van der Waals surface area contributed by atoms with Crippen molar-refractivity contribution in [1.29, 1.82) is 0 Å². The summed E-state index contributed by atoms with van der Waals surface area (Å²) in [6.07, 6.45) is 0. The molecule has 0 atom stereocenters. The summed E-state index contributed by atoms with van der Waals surface area (Å²) in [6, 6.07) is 8.97. The highest BCUT2D eigenvalue weighted by Gasteiger charge is 2.34. The fraction of sp³-hybridized carbons (Fsp3) is 0.263. The second-order valence-electron chi connectivity index (χ2n) is 6.38. The number of fused-ring (bicyclic) bond motifs is 2. The number of nitrogens with zero attached hydrogens (tertiary/aromatic N) is 4. The lowest BCUT2D eigenvalue weighted by Crippen LogP contribution is -2.31. The minimum absolute atomic E-state index is 0.208. The van der Waals surface area contributed by atoms with E-state index in [-0.39, 0.29) is 11.8 Å². The molecule has 8 heteroatoms. The summed E-state index contributed by atoms with van der Waals surface area (Å²) in [7, 11) is 0. The molecule has 1 aliphatic heterocycles. The summed E-state index contributed by atoms with van der Waals surface area (Å²) in [4.78, 5) is 35.1. The minimum atomic E-state index is -0.208. The van der Waals surface area contributed by atoms with Crippen molar-refractivity contribution in [3.8, 4) is 0 Å². The van der Waals surface area contributed by atoms with Crippen molar-refractivity contribution in [2.24, 2.45) is 0 Å². The number of imide groups is 1. The van der Waals surface area contributed by atoms with Crippen molar-refractivity contribution in [3.63, 3.8) is 0 Å². The fourth-order valence-corrected chi connectivity index (χ4v) is 4.94. The van der Waals surface area contributed by atoms with Crippen LogP contribution in [0.15, 0.2) is 34.9 Å². The standard InChI is InChI=1S/C19H17BrN4O2S/c1-11-9-12(2)24-16(20)15(22-19(24)21-11)10-27-8-7-23-17(25)13-5-3-4-6-14(13)18(23)26/h3-6,9H,7-8,10H2,1-2H3. The largest absolute Gasteiger partial charge is 0.275 e. The first-order valence-corrected chi connectivity index (χ1v) is 10.5. The van der Waals surface area contributed by atoms with Crippen LogP contribution in [0, 0.1) is 13.8 Å². The summed E-state index contributed by atoms with van der Waals surface area (Å²) < 4.78 is 2.88. The molecule has 0 spiro atoms. The lowest BCUT2D eigenvalue weighted by Gasteiger charge is -2.13. The molecule has 3 heterocycles. The van der Waals surface area contributed by atoms with Crippen LogP contribution >= 0.6 is 27.7 Å². The Morgan fingerprint density at radius 3 is 2.41 bits per heavy atom. The van der Waals surface area contributed by atoms with E-state index in [1.165, 1.54) is 4.90 Å². The minimum Gasteiger partial charge on any atom is -0.275 e. The highest BCUT2D eigenvalue weighted by molar-refractivity contribution is 9.10. The molecule has 2 amide bonds. The molecule has 4 rings (SSSR count). The maximum atomic E-state index is 12.4. The van der Waals surface area contributed by atoms with E-state index in [1.54, 1.807) is 36.0 Å². The molecule has 1 aliphatic rings. The van der Waals surface area contributed by atoms with Gasteiger partial charge in [0.05, 0.1) is 16.8 Å². The Hall–Kier alpha value is -2.19. The number of halogens is 1. The Morgan fingerprint density at radius 2 is 1.74 bits per heavy atom. The summed E-state index contributed by atoms with van der Waals surface area (Å²) >= 11 is 5.25. The molecule has 1 aromatic carbocycles. The molecule has 0 N–H and O–H groups in total. The Balaban J connectivity index is 1.41. The summed E-state index contributed by atoms with van der Waals surface area (Å²) in [5.41, 5.74) is 3.89. The van der Waals surface area contributed by atoms with Gasteiger partial charge in [-0.2, -0.15) is 11.8 Å². The molecule has 138 valence electrons. The van der Waals surface area contributed by atoms with Gasteiger partial charge in [0.25, 0.3) is 11.8 Å². The zero-order valence-corrected chi connectivity index (χ0v) is 17.3. The average Bonchev–Trinajstić information content (AvgIpc) is 3.08. The number of benzene rings is 1. The van der Waals surface area contributed by atoms with Crippen molar-refractivity contribution in [1.82, 2.24) is 19.3 Å². The van der Waals surface area contributed by atoms with E-state index in [2.05, 4.69) is 25.9 Å². The molecule has 0 fully saturated rings. The Morgan fingerprint density at radius 1 is 1.07 bits per heavy atom. The molecule has 3 aromatic rings. The predicted molar refractivity (Wildman–Crippen MR) is 108 cm³/mol. The second kappa shape index (κ2) is 7.09. The molecule has 0 unspecified atom stereocenters. The van der Waals surface area contributed by atoms with Gasteiger partial charge >= 0.3 is 0 Å². The lowest BCUT2D eigenvalue weighted by molar-refractivity contribution is 0.0664. The van der Waals surface area contributed by atoms with Gasteiger partial charge in [-0.3, -0.25) is 18.9 Å². The van der Waals surface area contributed by atoms with E-state index in [0.717, 1.165) is 21.7 Å². The molecule has 0 radical (unpaired) electrons. The van der Waals surface area contributed by atoms with Crippen LogP contribution in [-0.2, 0) is 5.75 Å². The molecule has 2 aromatic heterocycles. The van der Waals surface area contributed by atoms with Gasteiger partial charge < -0.3 is 0 Å². The molecule has 0 aliphatic carbocycles. The number of amides is 2. The molecule has 0 saturated carbocycles. The normalized spacial score (nSPS) is 13.7. The highest BCUT2D eigenvalue weighted by Crippen LogP contribution is 2.26. The Kier molecular flexibility index (Phi) is 4.77. The zero-order chi connectivity index (χ0) is 19.1. The van der Waals surface area contributed by atoms with E-state index in [4.69, 9.17) is 0 Å². The third-order valence-electron chi connectivity index (χ3n) is 4.49. The monoisotopic (exact) mass is 444 g/mol. The lowest BCUT2D eigenvalue weighted by atomic mass is 10.1. The van der Waals surface area contributed by atoms with E-state index < -0.39 is 0 Å². The molecule has 6 nitrogen and oxygen atoms in total. The van der Waals surface area contributed by atoms with E-state index in [1.807, 2.05) is 24.3 Å². The quantitative estimate of drug-likeness (QED) is 0.443. The van der Waals surface area contributed by atoms with Gasteiger partial charge in [0.15, 0.2) is 0 Å². The highest BCUT2D eigenvalue weighted by atomic mass is 79.9. The van der Waals surface area contributed by atoms with Crippen LogP contribution in [0.2, 0.25) is 0 Å². The fourth-order valence-electron chi connectivity index (χ4n) is 3.24. The van der Waals surface area contributed by atoms with Gasteiger partial charge in [-0.05, 0) is 48.0 Å². The van der Waals surface area contributed by atoms with Crippen LogP contribution in [-0.4, -0.2) is 43.4 Å². The van der Waals surface area contributed by atoms with Crippen LogP contribution in [0.3, 0.4) is 0 Å². The van der Waals surface area contributed by atoms with Crippen molar-refractivity contribution in [2.45, 2.75) is 19.6 Å². The van der Waals surface area contributed by atoms with Crippen molar-refractivity contribution >= 4 is 45.3 Å². The van der Waals surface area contributed by atoms with Crippen LogP contribution in [0.4, 0.5) is 0 Å². The second-order valence-corrected chi connectivity index (χ2v) is 8.24. The number of carbonyl (C=O) groups is 2. The first-order valence-electron chi connectivity index (χ1n) is 8.51. The Labute approximate surface area is 169 Å². The van der Waals surface area contributed by atoms with Crippen molar-refractivity contribution < 1.29 is 9.59 Å². The number of carbonyl (C=O) groups excluding carboxylic acids is 2. The topological polar surface area (TPSA) is 67.6 Å². The van der Waals surface area contributed by atoms with Gasteiger partial charge in [0, 0.05) is 29.4 Å². The van der Waals surface area contributed by atoms with Gasteiger partial charge in [0.2, 0.25) is 5.78 Å². The Bertz CT molecular complexity index is 1040. The number of imidazole rings is 1. The van der Waals surface area contributed by atoms with E-state index >= 15 is 0 Å². The number of rotatable bonds is 5. The average molecular weight is 445 g/mol. The number of hydrogen-bond donors (Lipinski definition) is 0. The van der Waals surface area contributed by atoms with Crippen LogP contribution in [0.25, 0.3) is 5.78 Å². The van der Waals surface area contributed by atoms with Crippen LogP contribution in [0.5, 0.6) is 0 Å². The van der Waals surface area contributed by atoms with Crippen LogP contribution in [0.1, 0.15) is 37.8 Å². The van der Waals surface area contributed by atoms with E-state index in [0.29, 0.717) is 35.0 Å². The molecular formula is C19H17BrN4O2S. The first-order chi connectivity index (χ1) is 13.0. The molecule has 27 heavy (non-hydrogen) atoms. The smallest absolute Gasteiger partial charge is 0.261 e. The zero-order valence-electron chi connectivity index (χ0n) is 14.9. The number of aromatic nitrogens is 3. The van der Waals surface area contributed by atoms with Gasteiger partial charge in [-0.25, -0.2) is 9.97 Å². The number of aryl methyl sites for hydroxylation is 2. The third-order valence-corrected chi connectivity index (χ3v) is 6.25. The first kappa shape index (κ1) is 18.2. The van der Waals surface area contributed by atoms with E-state index in [9.17, 15) is 9.59 Å². The maximum absolute atomic E-state index is 12.4. The molecule has 0 bridgehead atoms. The van der Waals surface area contributed by atoms with Gasteiger partial charge in [-0.1, -0.05) is 12.1 Å². The predicted octanol–water partition coefficient (Wildman–Crippen LogP) is 3.64.